The molecule has 5 nitrogen and oxygen atoms in total. The maximum Gasteiger partial charge on any atom is 0.336 e. The third-order valence-corrected chi connectivity index (χ3v) is 7.13. The zero-order chi connectivity index (χ0) is 22.9. The van der Waals surface area contributed by atoms with Crippen LogP contribution < -0.4 is 10.4 Å². The summed E-state index contributed by atoms with van der Waals surface area (Å²) in [7, 11) is 0. The molecule has 0 unspecified atom stereocenters. The number of likely N-dealkylation sites (tertiary alicyclic amines) is 1. The summed E-state index contributed by atoms with van der Waals surface area (Å²) >= 11 is 0. The molecule has 0 radical (unpaired) electrons. The molecule has 0 saturated carbocycles. The van der Waals surface area contributed by atoms with Crippen molar-refractivity contribution >= 4 is 11.0 Å². The second-order valence-electron chi connectivity index (χ2n) is 9.28. The van der Waals surface area contributed by atoms with Gasteiger partial charge in [-0.1, -0.05) is 60.7 Å². The number of fused-ring (bicyclic) bond motifs is 3. The zero-order valence-electron chi connectivity index (χ0n) is 19.2. The lowest BCUT2D eigenvalue weighted by atomic mass is 9.98. The quantitative estimate of drug-likeness (QED) is 0.395. The van der Waals surface area contributed by atoms with Crippen LogP contribution in [0.4, 0.5) is 0 Å². The highest BCUT2D eigenvalue weighted by Crippen LogP contribution is 2.37. The van der Waals surface area contributed by atoms with Gasteiger partial charge in [0.2, 0.25) is 0 Å². The summed E-state index contributed by atoms with van der Waals surface area (Å²) in [5.41, 5.74) is 4.58. The van der Waals surface area contributed by atoms with Gasteiger partial charge >= 0.3 is 5.63 Å². The van der Waals surface area contributed by atoms with Crippen molar-refractivity contribution < 1.29 is 9.15 Å². The molecule has 0 amide bonds. The van der Waals surface area contributed by atoms with Crippen molar-refractivity contribution in [1.82, 2.24) is 9.80 Å². The van der Waals surface area contributed by atoms with Gasteiger partial charge in [-0.05, 0) is 54.8 Å². The zero-order valence-corrected chi connectivity index (χ0v) is 19.2. The van der Waals surface area contributed by atoms with Crippen LogP contribution in [0.15, 0.2) is 88.1 Å². The van der Waals surface area contributed by atoms with Crippen molar-refractivity contribution in [1.29, 1.82) is 0 Å². The minimum Gasteiger partial charge on any atom is -0.478 e. The van der Waals surface area contributed by atoms with Gasteiger partial charge in [-0.3, -0.25) is 9.80 Å². The van der Waals surface area contributed by atoms with Crippen LogP contribution in [0.2, 0.25) is 0 Å². The van der Waals surface area contributed by atoms with Crippen molar-refractivity contribution in [3.8, 4) is 16.9 Å². The molecule has 3 aromatic carbocycles. The molecular weight excluding hydrogens is 424 g/mol. The van der Waals surface area contributed by atoms with Gasteiger partial charge in [0.1, 0.15) is 18.1 Å². The second-order valence-corrected chi connectivity index (χ2v) is 9.28. The van der Waals surface area contributed by atoms with E-state index in [1.54, 1.807) is 6.07 Å². The molecule has 1 fully saturated rings. The highest BCUT2D eigenvalue weighted by atomic mass is 16.5. The second kappa shape index (κ2) is 9.09. The van der Waals surface area contributed by atoms with E-state index in [1.165, 1.54) is 5.56 Å². The fourth-order valence-corrected chi connectivity index (χ4v) is 5.33. The first-order valence-electron chi connectivity index (χ1n) is 12.0. The summed E-state index contributed by atoms with van der Waals surface area (Å²) in [6.45, 7) is 4.46. The SMILES string of the molecule is O=c1cc(-c2ccccc2)c2ccc3c(c2o1)CN(C1CCN(Cc2ccccc2)CC1)CO3. The van der Waals surface area contributed by atoms with Gasteiger partial charge in [-0.2, -0.15) is 0 Å². The Kier molecular flexibility index (Phi) is 5.65. The lowest BCUT2D eigenvalue weighted by Gasteiger charge is -2.40. The Bertz CT molecular complexity index is 1340. The lowest BCUT2D eigenvalue weighted by molar-refractivity contribution is 0.0244. The van der Waals surface area contributed by atoms with Gasteiger partial charge in [0.25, 0.3) is 0 Å². The van der Waals surface area contributed by atoms with Crippen LogP contribution in [0.1, 0.15) is 24.0 Å². The first-order valence-corrected chi connectivity index (χ1v) is 12.0. The largest absolute Gasteiger partial charge is 0.478 e. The van der Waals surface area contributed by atoms with Gasteiger partial charge in [0.05, 0.1) is 5.56 Å². The van der Waals surface area contributed by atoms with E-state index in [0.29, 0.717) is 18.4 Å². The van der Waals surface area contributed by atoms with Gasteiger partial charge < -0.3 is 9.15 Å². The van der Waals surface area contributed by atoms with Crippen molar-refractivity contribution in [2.24, 2.45) is 0 Å². The summed E-state index contributed by atoms with van der Waals surface area (Å²) in [6, 6.07) is 26.8. The molecule has 1 aromatic heterocycles. The number of nitrogens with zero attached hydrogens (tertiary/aromatic N) is 2. The van der Waals surface area contributed by atoms with Crippen LogP contribution in [0.25, 0.3) is 22.1 Å². The van der Waals surface area contributed by atoms with Crippen LogP contribution in [-0.4, -0.2) is 35.7 Å². The monoisotopic (exact) mass is 452 g/mol. The average Bonchev–Trinajstić information content (AvgIpc) is 2.89. The molecular formula is C29H28N2O3. The van der Waals surface area contributed by atoms with Gasteiger partial charge in [-0.15, -0.1) is 0 Å². The molecule has 0 aliphatic carbocycles. The molecule has 3 heterocycles. The van der Waals surface area contributed by atoms with Crippen molar-refractivity contribution in [3.05, 3.63) is 100 Å². The average molecular weight is 453 g/mol. The topological polar surface area (TPSA) is 45.9 Å². The molecule has 6 rings (SSSR count). The van der Waals surface area contributed by atoms with Crippen molar-refractivity contribution in [2.45, 2.75) is 32.0 Å². The molecule has 2 aliphatic heterocycles. The normalized spacial score (nSPS) is 17.4. The van der Waals surface area contributed by atoms with Gasteiger partial charge in [0, 0.05) is 30.6 Å². The highest BCUT2D eigenvalue weighted by molar-refractivity contribution is 5.95. The minimum atomic E-state index is -0.328. The maximum atomic E-state index is 12.5. The number of hydrogen-bond donors (Lipinski definition) is 0. The molecule has 0 bridgehead atoms. The van der Waals surface area contributed by atoms with E-state index < -0.39 is 0 Å². The van der Waals surface area contributed by atoms with Crippen LogP contribution >= 0.6 is 0 Å². The molecule has 5 heteroatoms. The minimum absolute atomic E-state index is 0.328. The van der Waals surface area contributed by atoms with E-state index in [0.717, 1.165) is 66.8 Å². The van der Waals surface area contributed by atoms with Crippen LogP contribution in [0, 0.1) is 0 Å². The predicted molar refractivity (Wildman–Crippen MR) is 134 cm³/mol. The van der Waals surface area contributed by atoms with Gasteiger partial charge in [0.15, 0.2) is 0 Å². The van der Waals surface area contributed by atoms with Gasteiger partial charge in [-0.25, -0.2) is 4.79 Å². The van der Waals surface area contributed by atoms with Crippen molar-refractivity contribution in [3.63, 3.8) is 0 Å². The van der Waals surface area contributed by atoms with E-state index in [2.05, 4.69) is 40.1 Å². The highest BCUT2D eigenvalue weighted by Gasteiger charge is 2.30. The molecule has 2 aliphatic rings. The molecule has 0 spiro atoms. The molecule has 1 saturated heterocycles. The van der Waals surface area contributed by atoms with E-state index in [1.807, 2.05) is 42.5 Å². The summed E-state index contributed by atoms with van der Waals surface area (Å²) in [5.74, 6) is 0.818. The van der Waals surface area contributed by atoms with E-state index in [9.17, 15) is 4.79 Å². The summed E-state index contributed by atoms with van der Waals surface area (Å²) in [6.07, 6.45) is 2.21. The molecule has 4 aromatic rings. The predicted octanol–water partition coefficient (Wildman–Crippen LogP) is 5.28. The number of benzene rings is 3. The van der Waals surface area contributed by atoms with E-state index in [4.69, 9.17) is 9.15 Å². The fourth-order valence-electron chi connectivity index (χ4n) is 5.33. The number of hydrogen-bond acceptors (Lipinski definition) is 5. The first-order chi connectivity index (χ1) is 16.7. The Morgan fingerprint density at radius 2 is 1.62 bits per heavy atom. The Morgan fingerprint density at radius 1 is 0.882 bits per heavy atom. The summed E-state index contributed by atoms with van der Waals surface area (Å²) in [4.78, 5) is 17.4. The Balaban J connectivity index is 1.23. The molecule has 172 valence electrons. The van der Waals surface area contributed by atoms with Crippen LogP contribution in [-0.2, 0) is 13.1 Å². The van der Waals surface area contributed by atoms with Crippen LogP contribution in [0.5, 0.6) is 5.75 Å². The molecule has 0 atom stereocenters. The first kappa shape index (κ1) is 21.1. The number of rotatable bonds is 4. The Labute approximate surface area is 199 Å². The Morgan fingerprint density at radius 3 is 2.38 bits per heavy atom. The molecule has 0 N–H and O–H groups in total. The molecule has 34 heavy (non-hydrogen) atoms. The van der Waals surface area contributed by atoms with Crippen molar-refractivity contribution in [2.75, 3.05) is 19.8 Å². The third kappa shape index (κ3) is 4.13. The summed E-state index contributed by atoms with van der Waals surface area (Å²) in [5, 5.41) is 0.952. The smallest absolute Gasteiger partial charge is 0.336 e. The van der Waals surface area contributed by atoms with E-state index >= 15 is 0 Å². The summed E-state index contributed by atoms with van der Waals surface area (Å²) < 4.78 is 11.9. The fraction of sp³-hybridized carbons (Fsp3) is 0.276. The standard InChI is InChI=1S/C29H28N2O3/c32-28-17-25(22-9-5-2-6-10-22)24-11-12-27-26(29(24)34-28)19-31(20-33-27)23-13-15-30(16-14-23)18-21-7-3-1-4-8-21/h1-12,17,23H,13-16,18-20H2. The maximum absolute atomic E-state index is 12.5. The number of ether oxygens (including phenoxy) is 1. The van der Waals surface area contributed by atoms with E-state index in [-0.39, 0.29) is 5.63 Å². The Hall–Kier alpha value is -3.41. The third-order valence-electron chi connectivity index (χ3n) is 7.13. The lowest BCUT2D eigenvalue weighted by Crippen LogP contribution is -2.47. The van der Waals surface area contributed by atoms with Crippen LogP contribution in [0.3, 0.4) is 0 Å². The number of piperidine rings is 1.